The van der Waals surface area contributed by atoms with Crippen LogP contribution in [0, 0.1) is 0 Å². The van der Waals surface area contributed by atoms with Crippen molar-refractivity contribution in [2.45, 2.75) is 29.3 Å². The molecule has 2 aliphatic heterocycles. The predicted molar refractivity (Wildman–Crippen MR) is 124 cm³/mol. The first kappa shape index (κ1) is 21.4. The highest BCUT2D eigenvalue weighted by Crippen LogP contribution is 2.42. The van der Waals surface area contributed by atoms with E-state index in [1.54, 1.807) is 29.1 Å². The fraction of sp³-hybridized carbons (Fsp3) is 0.292. The van der Waals surface area contributed by atoms with Gasteiger partial charge in [0.2, 0.25) is 5.91 Å². The molecule has 32 heavy (non-hydrogen) atoms. The van der Waals surface area contributed by atoms with Crippen LogP contribution in [0.2, 0.25) is 5.02 Å². The Labute approximate surface area is 196 Å². The number of halogens is 1. The highest BCUT2D eigenvalue weighted by atomic mass is 35.5. The zero-order valence-electron chi connectivity index (χ0n) is 17.4. The van der Waals surface area contributed by atoms with Crippen LogP contribution in [0.25, 0.3) is 0 Å². The molecule has 2 aromatic heterocycles. The molecule has 0 aliphatic carbocycles. The van der Waals surface area contributed by atoms with Crippen LogP contribution < -0.4 is 0 Å². The molecule has 0 spiro atoms. The molecule has 3 aromatic rings. The second-order valence-corrected chi connectivity index (χ2v) is 9.47. The average Bonchev–Trinajstić information content (AvgIpc) is 2.96. The van der Waals surface area contributed by atoms with Crippen LogP contribution in [0.4, 0.5) is 0 Å². The van der Waals surface area contributed by atoms with E-state index in [9.17, 15) is 9.90 Å². The SMILES string of the molecule is O=C(Cc1ccncc1)N1CCN(C2c3ccc(Cl)cc3SCc3cccnc32)CC1O. The fourth-order valence-corrected chi connectivity index (χ4v) is 5.79. The Balaban J connectivity index is 1.40. The van der Waals surface area contributed by atoms with Crippen molar-refractivity contribution in [2.75, 3.05) is 19.6 Å². The maximum absolute atomic E-state index is 12.8. The molecule has 1 saturated heterocycles. The number of benzene rings is 1. The first-order valence-electron chi connectivity index (χ1n) is 10.6. The van der Waals surface area contributed by atoms with Crippen molar-refractivity contribution in [3.05, 3.63) is 88.5 Å². The van der Waals surface area contributed by atoms with Crippen LogP contribution >= 0.6 is 23.4 Å². The van der Waals surface area contributed by atoms with E-state index >= 15 is 0 Å². The summed E-state index contributed by atoms with van der Waals surface area (Å²) in [7, 11) is 0. The Kier molecular flexibility index (Phi) is 6.15. The maximum Gasteiger partial charge on any atom is 0.229 e. The van der Waals surface area contributed by atoms with Gasteiger partial charge < -0.3 is 10.0 Å². The van der Waals surface area contributed by atoms with E-state index < -0.39 is 6.23 Å². The van der Waals surface area contributed by atoms with Gasteiger partial charge in [-0.1, -0.05) is 23.7 Å². The first-order chi connectivity index (χ1) is 15.6. The van der Waals surface area contributed by atoms with Gasteiger partial charge in [0, 0.05) is 53.9 Å². The standard InChI is InChI=1S/C24H23ClN4O2S/c25-18-3-4-19-20(13-18)32-15-17-2-1-7-27-23(17)24(19)28-10-11-29(22(31)14-28)21(30)12-16-5-8-26-9-6-16/h1-9,13,22,24,31H,10-12,14-15H2. The number of aliphatic hydroxyl groups excluding tert-OH is 1. The number of aliphatic hydroxyl groups is 1. The zero-order valence-corrected chi connectivity index (χ0v) is 19.0. The summed E-state index contributed by atoms with van der Waals surface area (Å²) in [5.41, 5.74) is 4.22. The van der Waals surface area contributed by atoms with Gasteiger partial charge in [0.15, 0.2) is 0 Å². The van der Waals surface area contributed by atoms with E-state index in [1.807, 2.05) is 36.5 Å². The van der Waals surface area contributed by atoms with Gasteiger partial charge in [0.05, 0.1) is 18.2 Å². The van der Waals surface area contributed by atoms with Crippen LogP contribution in [-0.4, -0.2) is 56.6 Å². The lowest BCUT2D eigenvalue weighted by Crippen LogP contribution is -2.56. The van der Waals surface area contributed by atoms with Gasteiger partial charge in [-0.2, -0.15) is 0 Å². The second-order valence-electron chi connectivity index (χ2n) is 8.02. The second kappa shape index (κ2) is 9.19. The Bertz CT molecular complexity index is 1130. The van der Waals surface area contributed by atoms with E-state index in [4.69, 9.17) is 16.6 Å². The molecule has 1 amide bonds. The normalized spacial score (nSPS) is 20.9. The molecule has 2 atom stereocenters. The highest BCUT2D eigenvalue weighted by Gasteiger charge is 2.36. The van der Waals surface area contributed by atoms with Crippen molar-refractivity contribution in [2.24, 2.45) is 0 Å². The molecular formula is C24H23ClN4O2S. The number of carbonyl (C=O) groups excluding carboxylic acids is 1. The van der Waals surface area contributed by atoms with Gasteiger partial charge in [-0.25, -0.2) is 0 Å². The van der Waals surface area contributed by atoms with E-state index in [1.165, 1.54) is 5.56 Å². The summed E-state index contributed by atoms with van der Waals surface area (Å²) in [5, 5.41) is 11.6. The highest BCUT2D eigenvalue weighted by molar-refractivity contribution is 7.98. The zero-order chi connectivity index (χ0) is 22.1. The Morgan fingerprint density at radius 3 is 2.81 bits per heavy atom. The summed E-state index contributed by atoms with van der Waals surface area (Å²) < 4.78 is 0. The predicted octanol–water partition coefficient (Wildman–Crippen LogP) is 3.53. The Hall–Kier alpha value is -2.45. The van der Waals surface area contributed by atoms with Gasteiger partial charge in [0.1, 0.15) is 6.23 Å². The minimum absolute atomic E-state index is 0.0783. The summed E-state index contributed by atoms with van der Waals surface area (Å²) in [6.45, 7) is 1.46. The monoisotopic (exact) mass is 466 g/mol. The Morgan fingerprint density at radius 2 is 2.00 bits per heavy atom. The molecule has 0 bridgehead atoms. The quantitative estimate of drug-likeness (QED) is 0.636. The largest absolute Gasteiger partial charge is 0.372 e. The lowest BCUT2D eigenvalue weighted by atomic mass is 9.97. The third-order valence-electron chi connectivity index (χ3n) is 6.01. The number of hydrogen-bond acceptors (Lipinski definition) is 6. The van der Waals surface area contributed by atoms with E-state index in [2.05, 4.69) is 22.0 Å². The molecule has 4 heterocycles. The van der Waals surface area contributed by atoms with Crippen LogP contribution in [-0.2, 0) is 17.0 Å². The number of hydrogen-bond donors (Lipinski definition) is 1. The summed E-state index contributed by atoms with van der Waals surface area (Å²) in [4.78, 5) is 26.5. The molecule has 164 valence electrons. The van der Waals surface area contributed by atoms with Crippen molar-refractivity contribution in [3.63, 3.8) is 0 Å². The number of carbonyl (C=O) groups is 1. The molecule has 0 radical (unpaired) electrons. The molecule has 6 nitrogen and oxygen atoms in total. The van der Waals surface area contributed by atoms with Crippen LogP contribution in [0.3, 0.4) is 0 Å². The van der Waals surface area contributed by atoms with E-state index in [0.29, 0.717) is 24.7 Å². The minimum atomic E-state index is -0.878. The molecule has 1 fully saturated rings. The number of fused-ring (bicyclic) bond motifs is 2. The minimum Gasteiger partial charge on any atom is -0.372 e. The third kappa shape index (κ3) is 4.26. The third-order valence-corrected chi connectivity index (χ3v) is 7.37. The topological polar surface area (TPSA) is 69.6 Å². The first-order valence-corrected chi connectivity index (χ1v) is 11.9. The molecular weight excluding hydrogens is 444 g/mol. The van der Waals surface area contributed by atoms with Gasteiger partial charge in [-0.15, -0.1) is 11.8 Å². The van der Waals surface area contributed by atoms with Gasteiger partial charge >= 0.3 is 0 Å². The molecule has 2 unspecified atom stereocenters. The van der Waals surface area contributed by atoms with Crippen molar-refractivity contribution in [1.29, 1.82) is 0 Å². The van der Waals surface area contributed by atoms with Gasteiger partial charge in [0.25, 0.3) is 0 Å². The lowest BCUT2D eigenvalue weighted by molar-refractivity contribution is -0.147. The molecule has 1 aromatic carbocycles. The number of β-amino-alcohol motifs (C(OH)–C–C–N with tert-alkyl or cyclic N) is 1. The van der Waals surface area contributed by atoms with E-state index in [0.717, 1.165) is 27.5 Å². The molecule has 0 saturated carbocycles. The van der Waals surface area contributed by atoms with Crippen LogP contribution in [0.1, 0.15) is 28.4 Å². The number of aromatic nitrogens is 2. The molecule has 1 N–H and O–H groups in total. The van der Waals surface area contributed by atoms with Gasteiger partial charge in [-0.3, -0.25) is 19.7 Å². The molecule has 8 heteroatoms. The lowest BCUT2D eigenvalue weighted by Gasteiger charge is -2.42. The van der Waals surface area contributed by atoms with Crippen molar-refractivity contribution in [3.8, 4) is 0 Å². The molecule has 2 aliphatic rings. The number of nitrogens with zero attached hydrogens (tertiary/aromatic N) is 4. The smallest absolute Gasteiger partial charge is 0.229 e. The summed E-state index contributed by atoms with van der Waals surface area (Å²) in [6.07, 6.45) is 4.55. The number of pyridine rings is 2. The maximum atomic E-state index is 12.8. The summed E-state index contributed by atoms with van der Waals surface area (Å²) in [5.74, 6) is 0.741. The summed E-state index contributed by atoms with van der Waals surface area (Å²) in [6, 6.07) is 13.6. The Morgan fingerprint density at radius 1 is 1.16 bits per heavy atom. The average molecular weight is 467 g/mol. The van der Waals surface area contributed by atoms with Crippen molar-refractivity contribution < 1.29 is 9.90 Å². The number of rotatable bonds is 3. The van der Waals surface area contributed by atoms with Gasteiger partial charge in [-0.05, 0) is 47.0 Å². The molecule has 5 rings (SSSR count). The fourth-order valence-electron chi connectivity index (χ4n) is 4.44. The van der Waals surface area contributed by atoms with Crippen LogP contribution in [0.15, 0.2) is 66.0 Å². The van der Waals surface area contributed by atoms with Crippen molar-refractivity contribution in [1.82, 2.24) is 19.8 Å². The summed E-state index contributed by atoms with van der Waals surface area (Å²) >= 11 is 8.05. The van der Waals surface area contributed by atoms with E-state index in [-0.39, 0.29) is 18.4 Å². The number of amides is 1. The number of piperazine rings is 1. The number of thioether (sulfide) groups is 1. The van der Waals surface area contributed by atoms with Crippen LogP contribution in [0.5, 0.6) is 0 Å². The van der Waals surface area contributed by atoms with Crippen molar-refractivity contribution >= 4 is 29.3 Å².